The molecule has 0 aliphatic carbocycles. The van der Waals surface area contributed by atoms with E-state index < -0.39 is 0 Å². The molecule has 0 aliphatic rings. The van der Waals surface area contributed by atoms with Crippen LogP contribution in [0, 0.1) is 0 Å². The van der Waals surface area contributed by atoms with Gasteiger partial charge in [0.15, 0.2) is 0 Å². The van der Waals surface area contributed by atoms with Gasteiger partial charge in [-0.05, 0) is 34.0 Å². The number of hydrogen-bond acceptors (Lipinski definition) is 1. The predicted molar refractivity (Wildman–Crippen MR) is 103 cm³/mol. The van der Waals surface area contributed by atoms with Crippen molar-refractivity contribution in [3.63, 3.8) is 0 Å². The van der Waals surface area contributed by atoms with Crippen LogP contribution in [0.5, 0.6) is 0 Å². The average Bonchev–Trinajstić information content (AvgIpc) is 2.62. The molecule has 3 rings (SSSR count). The van der Waals surface area contributed by atoms with Gasteiger partial charge in [-0.3, -0.25) is 4.79 Å². The summed E-state index contributed by atoms with van der Waals surface area (Å²) in [5, 5.41) is 7.41. The Morgan fingerprint density at radius 2 is 1.42 bits per heavy atom. The third-order valence-electron chi connectivity index (χ3n) is 4.56. The summed E-state index contributed by atoms with van der Waals surface area (Å²) in [6, 6.07) is 18.4. The molecule has 0 atom stereocenters. The fourth-order valence-corrected chi connectivity index (χ4v) is 3.28. The average molecular weight is 319 g/mol. The molecule has 1 N–H and O–H groups in total. The van der Waals surface area contributed by atoms with Crippen LogP contribution in [-0.4, -0.2) is 12.5 Å². The Hall–Kier alpha value is -2.35. The molecule has 24 heavy (non-hydrogen) atoms. The van der Waals surface area contributed by atoms with Crippen molar-refractivity contribution in [2.45, 2.75) is 39.0 Å². The number of fused-ring (bicyclic) bond motifs is 2. The Morgan fingerprint density at radius 3 is 2.04 bits per heavy atom. The Morgan fingerprint density at radius 1 is 0.833 bits per heavy atom. The molecular weight excluding hydrogens is 294 g/mol. The first kappa shape index (κ1) is 16.5. The molecule has 2 nitrogen and oxygen atoms in total. The van der Waals surface area contributed by atoms with Crippen molar-refractivity contribution < 1.29 is 4.79 Å². The third kappa shape index (κ3) is 3.59. The lowest BCUT2D eigenvalue weighted by Crippen LogP contribution is -2.25. The van der Waals surface area contributed by atoms with Gasteiger partial charge >= 0.3 is 0 Å². The second-order valence-electron chi connectivity index (χ2n) is 6.36. The fourth-order valence-electron chi connectivity index (χ4n) is 3.28. The van der Waals surface area contributed by atoms with E-state index >= 15 is 0 Å². The number of unbranched alkanes of at least 4 members (excludes halogenated alkanes) is 4. The van der Waals surface area contributed by atoms with E-state index in [9.17, 15) is 4.79 Å². The lowest BCUT2D eigenvalue weighted by molar-refractivity contribution is 0.0956. The highest BCUT2D eigenvalue weighted by molar-refractivity contribution is 6.18. The van der Waals surface area contributed by atoms with Crippen molar-refractivity contribution in [2.75, 3.05) is 6.54 Å². The molecule has 3 aromatic rings. The molecule has 0 aromatic heterocycles. The van der Waals surface area contributed by atoms with E-state index in [1.807, 2.05) is 36.4 Å². The van der Waals surface area contributed by atoms with Crippen molar-refractivity contribution in [1.29, 1.82) is 0 Å². The first-order valence-electron chi connectivity index (χ1n) is 9.00. The van der Waals surface area contributed by atoms with E-state index in [-0.39, 0.29) is 5.91 Å². The Bertz CT molecular complexity index is 784. The van der Waals surface area contributed by atoms with Crippen LogP contribution in [-0.2, 0) is 0 Å². The number of amides is 1. The summed E-state index contributed by atoms with van der Waals surface area (Å²) < 4.78 is 0. The summed E-state index contributed by atoms with van der Waals surface area (Å²) in [4.78, 5) is 12.9. The molecular formula is C22H25NO. The second kappa shape index (κ2) is 7.96. The van der Waals surface area contributed by atoms with Gasteiger partial charge < -0.3 is 5.32 Å². The van der Waals surface area contributed by atoms with Crippen LogP contribution in [0.4, 0.5) is 0 Å². The Labute approximate surface area is 143 Å². The van der Waals surface area contributed by atoms with Crippen LogP contribution in [0.25, 0.3) is 21.5 Å². The van der Waals surface area contributed by atoms with Crippen LogP contribution in [0.1, 0.15) is 49.4 Å². The third-order valence-corrected chi connectivity index (χ3v) is 4.56. The Kier molecular flexibility index (Phi) is 5.47. The minimum atomic E-state index is 0.0403. The molecule has 0 fully saturated rings. The van der Waals surface area contributed by atoms with Crippen molar-refractivity contribution in [2.24, 2.45) is 0 Å². The minimum Gasteiger partial charge on any atom is -0.352 e. The van der Waals surface area contributed by atoms with Crippen LogP contribution in [0.3, 0.4) is 0 Å². The largest absolute Gasteiger partial charge is 0.352 e. The van der Waals surface area contributed by atoms with Crippen molar-refractivity contribution in [3.8, 4) is 0 Å². The van der Waals surface area contributed by atoms with Crippen LogP contribution < -0.4 is 5.32 Å². The van der Waals surface area contributed by atoms with E-state index in [4.69, 9.17) is 0 Å². The van der Waals surface area contributed by atoms with Gasteiger partial charge in [-0.25, -0.2) is 0 Å². The highest BCUT2D eigenvalue weighted by Gasteiger charge is 2.14. The van der Waals surface area contributed by atoms with E-state index in [1.165, 1.54) is 25.7 Å². The maximum absolute atomic E-state index is 12.9. The van der Waals surface area contributed by atoms with Gasteiger partial charge in [0.2, 0.25) is 0 Å². The van der Waals surface area contributed by atoms with Crippen LogP contribution in [0.15, 0.2) is 54.6 Å². The van der Waals surface area contributed by atoms with Gasteiger partial charge in [-0.15, -0.1) is 0 Å². The topological polar surface area (TPSA) is 29.1 Å². The smallest absolute Gasteiger partial charge is 0.252 e. The maximum atomic E-state index is 12.9. The summed E-state index contributed by atoms with van der Waals surface area (Å²) in [5.41, 5.74) is 0.803. The lowest BCUT2D eigenvalue weighted by atomic mass is 9.96. The molecule has 0 unspecified atom stereocenters. The molecule has 0 saturated heterocycles. The zero-order chi connectivity index (χ0) is 16.8. The molecule has 0 saturated carbocycles. The van der Waals surface area contributed by atoms with Crippen LogP contribution >= 0.6 is 0 Å². The summed E-state index contributed by atoms with van der Waals surface area (Å²) >= 11 is 0. The molecule has 0 aliphatic heterocycles. The molecule has 0 heterocycles. The molecule has 0 radical (unpaired) electrons. The van der Waals surface area contributed by atoms with E-state index in [0.717, 1.165) is 40.1 Å². The summed E-state index contributed by atoms with van der Waals surface area (Å²) in [7, 11) is 0. The number of rotatable bonds is 7. The maximum Gasteiger partial charge on any atom is 0.252 e. The monoisotopic (exact) mass is 319 g/mol. The van der Waals surface area contributed by atoms with Crippen molar-refractivity contribution in [3.05, 3.63) is 60.2 Å². The van der Waals surface area contributed by atoms with Gasteiger partial charge in [0, 0.05) is 6.54 Å². The van der Waals surface area contributed by atoms with E-state index in [0.29, 0.717) is 0 Å². The van der Waals surface area contributed by atoms with E-state index in [2.05, 4.69) is 30.4 Å². The predicted octanol–water partition coefficient (Wildman–Crippen LogP) is 5.69. The Balaban J connectivity index is 1.84. The highest BCUT2D eigenvalue weighted by atomic mass is 16.1. The molecule has 2 heteroatoms. The normalized spacial score (nSPS) is 11.0. The SMILES string of the molecule is CCCCCCCNC(=O)c1c2ccccc2cc2ccccc12. The fraction of sp³-hybridized carbons (Fsp3) is 0.318. The zero-order valence-electron chi connectivity index (χ0n) is 14.3. The molecule has 3 aromatic carbocycles. The number of benzene rings is 3. The standard InChI is InChI=1S/C22H25NO/c1-2-3-4-5-10-15-23-22(24)21-19-13-8-6-11-17(19)16-18-12-7-9-14-20(18)21/h6-9,11-14,16H,2-5,10,15H2,1H3,(H,23,24). The summed E-state index contributed by atoms with van der Waals surface area (Å²) in [6.45, 7) is 2.97. The quantitative estimate of drug-likeness (QED) is 0.439. The molecule has 0 spiro atoms. The van der Waals surface area contributed by atoms with Gasteiger partial charge in [0.25, 0.3) is 5.91 Å². The number of carbonyl (C=O) groups excluding carboxylic acids is 1. The lowest BCUT2D eigenvalue weighted by Gasteiger charge is -2.12. The van der Waals surface area contributed by atoms with Crippen molar-refractivity contribution >= 4 is 27.5 Å². The van der Waals surface area contributed by atoms with Crippen LogP contribution in [0.2, 0.25) is 0 Å². The van der Waals surface area contributed by atoms with E-state index in [1.54, 1.807) is 0 Å². The number of nitrogens with one attached hydrogen (secondary N) is 1. The molecule has 124 valence electrons. The highest BCUT2D eigenvalue weighted by Crippen LogP contribution is 2.28. The first-order chi connectivity index (χ1) is 11.8. The summed E-state index contributed by atoms with van der Waals surface area (Å²) in [5.74, 6) is 0.0403. The minimum absolute atomic E-state index is 0.0403. The second-order valence-corrected chi connectivity index (χ2v) is 6.36. The van der Waals surface area contributed by atoms with Gasteiger partial charge in [-0.2, -0.15) is 0 Å². The molecule has 0 bridgehead atoms. The van der Waals surface area contributed by atoms with Gasteiger partial charge in [0.1, 0.15) is 0 Å². The van der Waals surface area contributed by atoms with Crippen molar-refractivity contribution in [1.82, 2.24) is 5.32 Å². The van der Waals surface area contributed by atoms with Gasteiger partial charge in [-0.1, -0.05) is 81.1 Å². The van der Waals surface area contributed by atoms with Gasteiger partial charge in [0.05, 0.1) is 5.56 Å². The molecule has 1 amide bonds. The number of carbonyl (C=O) groups is 1. The first-order valence-corrected chi connectivity index (χ1v) is 9.00. The summed E-state index contributed by atoms with van der Waals surface area (Å²) in [6.07, 6.45) is 6.01. The number of hydrogen-bond donors (Lipinski definition) is 1. The zero-order valence-corrected chi connectivity index (χ0v) is 14.3.